The maximum atomic E-state index is 11.2. The summed E-state index contributed by atoms with van der Waals surface area (Å²) >= 11 is 0. The normalized spacial score (nSPS) is 10.7. The number of benzene rings is 1. The maximum Gasteiger partial charge on any atom is 0.152 e. The fourth-order valence-corrected chi connectivity index (χ4v) is 2.50. The molecule has 0 bridgehead atoms. The van der Waals surface area contributed by atoms with Crippen molar-refractivity contribution in [1.82, 2.24) is 4.57 Å². The topological polar surface area (TPSA) is 22.0 Å². The molecule has 2 aromatic rings. The van der Waals surface area contributed by atoms with Crippen molar-refractivity contribution in [3.8, 4) is 5.69 Å². The van der Waals surface area contributed by atoms with Gasteiger partial charge < -0.3 is 4.57 Å². The van der Waals surface area contributed by atoms with Crippen LogP contribution in [0, 0.1) is 34.6 Å². The molecule has 0 saturated heterocycles. The molecule has 0 fully saturated rings. The summed E-state index contributed by atoms with van der Waals surface area (Å²) in [7, 11) is 0. The molecule has 2 heteroatoms. The monoisotopic (exact) mass is 241 g/mol. The van der Waals surface area contributed by atoms with Gasteiger partial charge in [-0.15, -0.1) is 0 Å². The van der Waals surface area contributed by atoms with Gasteiger partial charge in [0, 0.05) is 22.6 Å². The molecule has 0 amide bonds. The molecule has 0 radical (unpaired) electrons. The van der Waals surface area contributed by atoms with Crippen LogP contribution >= 0.6 is 0 Å². The zero-order valence-electron chi connectivity index (χ0n) is 11.7. The van der Waals surface area contributed by atoms with Crippen molar-refractivity contribution in [2.24, 2.45) is 0 Å². The molecule has 18 heavy (non-hydrogen) atoms. The molecule has 2 nitrogen and oxygen atoms in total. The van der Waals surface area contributed by atoms with Gasteiger partial charge in [0.15, 0.2) is 6.29 Å². The van der Waals surface area contributed by atoms with Gasteiger partial charge in [-0.25, -0.2) is 0 Å². The molecule has 0 aliphatic rings. The van der Waals surface area contributed by atoms with Gasteiger partial charge in [-0.3, -0.25) is 4.79 Å². The summed E-state index contributed by atoms with van der Waals surface area (Å²) in [6, 6.07) is 6.41. The molecule has 0 saturated carbocycles. The minimum Gasteiger partial charge on any atom is -0.317 e. The SMILES string of the molecule is Cc1ccc(C)c(-n2c(C)c(C)c(C=O)c2C)c1. The minimum atomic E-state index is 0.813. The van der Waals surface area contributed by atoms with Crippen LogP contribution in [0.3, 0.4) is 0 Å². The molecule has 0 aliphatic heterocycles. The van der Waals surface area contributed by atoms with Gasteiger partial charge in [0.1, 0.15) is 0 Å². The lowest BCUT2D eigenvalue weighted by atomic mass is 10.1. The van der Waals surface area contributed by atoms with Gasteiger partial charge in [0.25, 0.3) is 0 Å². The fourth-order valence-electron chi connectivity index (χ4n) is 2.50. The van der Waals surface area contributed by atoms with Crippen LogP contribution < -0.4 is 0 Å². The van der Waals surface area contributed by atoms with Crippen LogP contribution in [0.1, 0.15) is 38.4 Å². The number of hydrogen-bond donors (Lipinski definition) is 0. The molecule has 0 aliphatic carbocycles. The molecule has 0 unspecified atom stereocenters. The molecule has 0 spiro atoms. The first kappa shape index (κ1) is 12.6. The van der Waals surface area contributed by atoms with Crippen LogP contribution in [-0.2, 0) is 0 Å². The van der Waals surface area contributed by atoms with Crippen LogP contribution in [-0.4, -0.2) is 10.9 Å². The van der Waals surface area contributed by atoms with E-state index in [0.29, 0.717) is 0 Å². The second-order valence-corrected chi connectivity index (χ2v) is 4.95. The number of hydrogen-bond acceptors (Lipinski definition) is 1. The Balaban J connectivity index is 2.79. The van der Waals surface area contributed by atoms with Gasteiger partial charge in [-0.05, 0) is 57.4 Å². The first-order chi connectivity index (χ1) is 8.47. The lowest BCUT2D eigenvalue weighted by Gasteiger charge is -2.13. The van der Waals surface area contributed by atoms with E-state index in [9.17, 15) is 4.79 Å². The molecule has 1 aromatic heterocycles. The second kappa shape index (κ2) is 4.45. The summed E-state index contributed by atoms with van der Waals surface area (Å²) in [4.78, 5) is 11.2. The van der Waals surface area contributed by atoms with E-state index in [1.54, 1.807) is 0 Å². The standard InChI is InChI=1S/C16H19NO/c1-10-6-7-11(2)16(8-10)17-13(4)12(3)15(9-18)14(17)5/h6-9H,1-5H3. The van der Waals surface area contributed by atoms with Crippen molar-refractivity contribution in [3.63, 3.8) is 0 Å². The van der Waals surface area contributed by atoms with Crippen LogP contribution in [0.4, 0.5) is 0 Å². The smallest absolute Gasteiger partial charge is 0.152 e. The summed E-state index contributed by atoms with van der Waals surface area (Å²) < 4.78 is 2.18. The van der Waals surface area contributed by atoms with E-state index in [0.717, 1.165) is 28.8 Å². The number of aryl methyl sites for hydroxylation is 2. The molecule has 1 heterocycles. The number of nitrogens with zero attached hydrogens (tertiary/aromatic N) is 1. The van der Waals surface area contributed by atoms with Crippen molar-refractivity contribution in [2.45, 2.75) is 34.6 Å². The van der Waals surface area contributed by atoms with Gasteiger partial charge in [0.05, 0.1) is 0 Å². The second-order valence-electron chi connectivity index (χ2n) is 4.95. The van der Waals surface area contributed by atoms with E-state index < -0.39 is 0 Å². The molecular weight excluding hydrogens is 222 g/mol. The Morgan fingerprint density at radius 3 is 2.22 bits per heavy atom. The number of rotatable bonds is 2. The number of carbonyl (C=O) groups excluding carboxylic acids is 1. The number of carbonyl (C=O) groups is 1. The van der Waals surface area contributed by atoms with Gasteiger partial charge >= 0.3 is 0 Å². The Morgan fingerprint density at radius 1 is 1.00 bits per heavy atom. The highest BCUT2D eigenvalue weighted by atomic mass is 16.1. The fraction of sp³-hybridized carbons (Fsp3) is 0.312. The molecule has 0 N–H and O–H groups in total. The first-order valence-electron chi connectivity index (χ1n) is 6.18. The molecule has 0 atom stereocenters. The van der Waals surface area contributed by atoms with E-state index in [1.807, 2.05) is 13.8 Å². The highest BCUT2D eigenvalue weighted by Crippen LogP contribution is 2.26. The van der Waals surface area contributed by atoms with Crippen LogP contribution in [0.15, 0.2) is 18.2 Å². The molecule has 1 aromatic carbocycles. The summed E-state index contributed by atoms with van der Waals surface area (Å²) in [6.07, 6.45) is 0.958. The first-order valence-corrected chi connectivity index (χ1v) is 6.18. The van der Waals surface area contributed by atoms with Crippen LogP contribution in [0.5, 0.6) is 0 Å². The predicted molar refractivity (Wildman–Crippen MR) is 74.8 cm³/mol. The van der Waals surface area contributed by atoms with Gasteiger partial charge in [0.2, 0.25) is 0 Å². The number of aldehydes is 1. The highest BCUT2D eigenvalue weighted by Gasteiger charge is 2.16. The Kier molecular flexibility index (Phi) is 3.12. The van der Waals surface area contributed by atoms with Gasteiger partial charge in [-0.1, -0.05) is 12.1 Å². The van der Waals surface area contributed by atoms with E-state index in [2.05, 4.69) is 43.5 Å². The van der Waals surface area contributed by atoms with Crippen molar-refractivity contribution < 1.29 is 4.79 Å². The maximum absolute atomic E-state index is 11.2. The molecule has 94 valence electrons. The molecule has 2 rings (SSSR count). The van der Waals surface area contributed by atoms with Crippen molar-refractivity contribution >= 4 is 6.29 Å². The average molecular weight is 241 g/mol. The third kappa shape index (κ3) is 1.78. The van der Waals surface area contributed by atoms with E-state index >= 15 is 0 Å². The van der Waals surface area contributed by atoms with Crippen molar-refractivity contribution in [3.05, 3.63) is 51.8 Å². The third-order valence-corrected chi connectivity index (χ3v) is 3.73. The van der Waals surface area contributed by atoms with E-state index in [-0.39, 0.29) is 0 Å². The van der Waals surface area contributed by atoms with E-state index in [1.165, 1.54) is 16.8 Å². The third-order valence-electron chi connectivity index (χ3n) is 3.73. The summed E-state index contributed by atoms with van der Waals surface area (Å²) in [5.41, 5.74) is 7.67. The largest absolute Gasteiger partial charge is 0.317 e. The summed E-state index contributed by atoms with van der Waals surface area (Å²) in [6.45, 7) is 10.3. The summed E-state index contributed by atoms with van der Waals surface area (Å²) in [5, 5.41) is 0. The minimum absolute atomic E-state index is 0.813. The predicted octanol–water partition coefficient (Wildman–Crippen LogP) is 3.83. The highest BCUT2D eigenvalue weighted by molar-refractivity contribution is 5.80. The Bertz CT molecular complexity index is 621. The van der Waals surface area contributed by atoms with Crippen LogP contribution in [0.25, 0.3) is 5.69 Å². The number of aromatic nitrogens is 1. The summed E-state index contributed by atoms with van der Waals surface area (Å²) in [5.74, 6) is 0. The van der Waals surface area contributed by atoms with E-state index in [4.69, 9.17) is 0 Å². The van der Waals surface area contributed by atoms with Gasteiger partial charge in [-0.2, -0.15) is 0 Å². The Hall–Kier alpha value is -1.83. The van der Waals surface area contributed by atoms with Crippen molar-refractivity contribution in [1.29, 1.82) is 0 Å². The quantitative estimate of drug-likeness (QED) is 0.732. The lowest BCUT2D eigenvalue weighted by molar-refractivity contribution is 0.112. The average Bonchev–Trinajstić information content (AvgIpc) is 2.54. The zero-order valence-corrected chi connectivity index (χ0v) is 11.7. The molecular formula is C16H19NO. The Morgan fingerprint density at radius 2 is 1.67 bits per heavy atom. The van der Waals surface area contributed by atoms with Crippen molar-refractivity contribution in [2.75, 3.05) is 0 Å². The zero-order chi connectivity index (χ0) is 13.4. The van der Waals surface area contributed by atoms with Crippen LogP contribution in [0.2, 0.25) is 0 Å². The lowest BCUT2D eigenvalue weighted by Crippen LogP contribution is -2.02. The Labute approximate surface area is 108 Å².